The molecule has 5 N–H and O–H groups in total. The van der Waals surface area contributed by atoms with E-state index in [9.17, 15) is 29.1 Å². The van der Waals surface area contributed by atoms with E-state index in [-0.39, 0.29) is 39.3 Å². The van der Waals surface area contributed by atoms with Crippen molar-refractivity contribution in [2.75, 3.05) is 5.75 Å². The third-order valence-corrected chi connectivity index (χ3v) is 7.43. The normalized spacial score (nSPS) is 21.7. The summed E-state index contributed by atoms with van der Waals surface area (Å²) in [5.41, 5.74) is 5.69. The number of carboxylic acid groups (broad SMARTS) is 1. The van der Waals surface area contributed by atoms with Crippen molar-refractivity contribution in [3.63, 3.8) is 0 Å². The zero-order chi connectivity index (χ0) is 23.6. The van der Waals surface area contributed by atoms with E-state index in [4.69, 9.17) is 5.73 Å². The van der Waals surface area contributed by atoms with E-state index >= 15 is 0 Å². The van der Waals surface area contributed by atoms with Gasteiger partial charge in [0.25, 0.3) is 0 Å². The molecule has 1 saturated heterocycles. The van der Waals surface area contributed by atoms with E-state index in [0.717, 1.165) is 11.8 Å². The van der Waals surface area contributed by atoms with E-state index in [0.29, 0.717) is 5.56 Å². The summed E-state index contributed by atoms with van der Waals surface area (Å²) in [6, 6.07) is 6.26. The maximum atomic E-state index is 13.1. The third kappa shape index (κ3) is 4.75. The van der Waals surface area contributed by atoms with Gasteiger partial charge in [0.15, 0.2) is 5.12 Å². The van der Waals surface area contributed by atoms with Gasteiger partial charge < -0.3 is 21.5 Å². The number of nitrogens with zero attached hydrogens (tertiary/aromatic N) is 1. The number of carbonyl (C=O) groups excluding carboxylic acids is 4. The number of urea groups is 1. The Morgan fingerprint density at radius 2 is 1.88 bits per heavy atom. The Bertz CT molecular complexity index is 999. The lowest BCUT2D eigenvalue weighted by Gasteiger charge is -2.49. The van der Waals surface area contributed by atoms with Crippen molar-refractivity contribution < 1.29 is 29.1 Å². The fraction of sp³-hybridized carbons (Fsp3) is 0.350. The number of β-lactam (4-membered cyclic amide) rings is 1. The number of carboxylic acids is 1. The molecule has 2 unspecified atom stereocenters. The summed E-state index contributed by atoms with van der Waals surface area (Å²) in [4.78, 5) is 62.1. The third-order valence-electron chi connectivity index (χ3n) is 5.02. The lowest BCUT2D eigenvalue weighted by molar-refractivity contribution is -0.151. The molecule has 1 aromatic carbocycles. The number of nitrogens with two attached hydrogens (primary N) is 1. The highest BCUT2D eigenvalue weighted by atomic mass is 32.2. The molecule has 2 aliphatic rings. The highest BCUT2D eigenvalue weighted by Gasteiger charge is 2.52. The first-order valence-corrected chi connectivity index (χ1v) is 11.5. The summed E-state index contributed by atoms with van der Waals surface area (Å²) in [7, 11) is 0. The Morgan fingerprint density at radius 1 is 1.22 bits per heavy atom. The minimum atomic E-state index is -1.32. The lowest BCUT2D eigenvalue weighted by Crippen LogP contribution is -2.61. The minimum Gasteiger partial charge on any atom is -0.477 e. The molecule has 1 fully saturated rings. The van der Waals surface area contributed by atoms with Crippen LogP contribution in [0.2, 0.25) is 0 Å². The number of hydrogen-bond donors (Lipinski definition) is 4. The Morgan fingerprint density at radius 3 is 2.44 bits per heavy atom. The molecule has 0 bridgehead atoms. The van der Waals surface area contributed by atoms with Crippen molar-refractivity contribution in [1.29, 1.82) is 0 Å². The molecule has 10 nitrogen and oxygen atoms in total. The number of rotatable bonds is 7. The van der Waals surface area contributed by atoms with Crippen LogP contribution in [-0.2, 0) is 19.2 Å². The summed E-state index contributed by atoms with van der Waals surface area (Å²) in [5.74, 6) is -2.42. The summed E-state index contributed by atoms with van der Waals surface area (Å²) in [6.07, 6.45) is 0. The molecule has 2 heterocycles. The average molecular weight is 479 g/mol. The molecule has 4 atom stereocenters. The van der Waals surface area contributed by atoms with Crippen molar-refractivity contribution in [3.05, 3.63) is 47.2 Å². The van der Waals surface area contributed by atoms with Crippen LogP contribution in [0.15, 0.2) is 41.6 Å². The highest BCUT2D eigenvalue weighted by molar-refractivity contribution is 8.14. The molecule has 3 rings (SSSR count). The largest absolute Gasteiger partial charge is 0.477 e. The first-order valence-electron chi connectivity index (χ1n) is 9.61. The highest BCUT2D eigenvalue weighted by Crippen LogP contribution is 2.45. The molecule has 0 radical (unpaired) electrons. The van der Waals surface area contributed by atoms with Gasteiger partial charge in [0.1, 0.15) is 17.1 Å². The smallest absolute Gasteiger partial charge is 0.352 e. The fourth-order valence-corrected chi connectivity index (χ4v) is 5.92. The van der Waals surface area contributed by atoms with Gasteiger partial charge in [-0.05, 0) is 5.56 Å². The van der Waals surface area contributed by atoms with E-state index in [1.165, 1.54) is 23.6 Å². The number of thioether (sulfide) groups is 2. The number of hydrogen-bond acceptors (Lipinski definition) is 7. The molecule has 0 spiro atoms. The van der Waals surface area contributed by atoms with Crippen molar-refractivity contribution in [3.8, 4) is 0 Å². The SMILES string of the molecule is CC(=O)SC(NC(=O)C(NC(N)=O)c1ccccc1)C1=C(C(=O)O)N2C(=O)[C@H](C)[C@H]2SC1. The lowest BCUT2D eigenvalue weighted by atomic mass is 9.97. The van der Waals surface area contributed by atoms with Crippen LogP contribution in [0.4, 0.5) is 4.79 Å². The second-order valence-corrected chi connectivity index (χ2v) is 9.61. The van der Waals surface area contributed by atoms with Gasteiger partial charge in [-0.2, -0.15) is 0 Å². The van der Waals surface area contributed by atoms with Gasteiger partial charge in [-0.3, -0.25) is 19.3 Å². The number of amides is 4. The predicted octanol–water partition coefficient (Wildman–Crippen LogP) is 1.01. The van der Waals surface area contributed by atoms with Gasteiger partial charge in [0.2, 0.25) is 11.8 Å². The minimum absolute atomic E-state index is 0.213. The van der Waals surface area contributed by atoms with Crippen LogP contribution in [0.5, 0.6) is 0 Å². The van der Waals surface area contributed by atoms with Crippen LogP contribution in [0.25, 0.3) is 0 Å². The van der Waals surface area contributed by atoms with Crippen molar-refractivity contribution in [2.24, 2.45) is 11.7 Å². The zero-order valence-corrected chi connectivity index (χ0v) is 18.9. The van der Waals surface area contributed by atoms with Gasteiger partial charge in [-0.25, -0.2) is 9.59 Å². The molecule has 0 aromatic heterocycles. The predicted molar refractivity (Wildman–Crippen MR) is 119 cm³/mol. The summed E-state index contributed by atoms with van der Waals surface area (Å²) in [6.45, 7) is 3.02. The number of nitrogens with one attached hydrogen (secondary N) is 2. The zero-order valence-electron chi connectivity index (χ0n) is 17.2. The maximum absolute atomic E-state index is 13.1. The molecular formula is C20H22N4O6S2. The molecule has 4 amide bonds. The average Bonchev–Trinajstić information content (AvgIpc) is 2.75. The van der Waals surface area contributed by atoms with Crippen LogP contribution in [0, 0.1) is 5.92 Å². The van der Waals surface area contributed by atoms with Crippen LogP contribution in [0.1, 0.15) is 25.5 Å². The molecule has 170 valence electrons. The van der Waals surface area contributed by atoms with Gasteiger partial charge >= 0.3 is 12.0 Å². The molecule has 0 aliphatic carbocycles. The summed E-state index contributed by atoms with van der Waals surface area (Å²) >= 11 is 2.10. The molecule has 32 heavy (non-hydrogen) atoms. The van der Waals surface area contributed by atoms with Gasteiger partial charge in [0.05, 0.1) is 11.3 Å². The molecule has 2 aliphatic heterocycles. The maximum Gasteiger partial charge on any atom is 0.352 e. The number of carbonyl (C=O) groups is 5. The van der Waals surface area contributed by atoms with Gasteiger partial charge in [-0.1, -0.05) is 49.0 Å². The molecular weight excluding hydrogens is 456 g/mol. The van der Waals surface area contributed by atoms with Crippen molar-refractivity contribution in [1.82, 2.24) is 15.5 Å². The van der Waals surface area contributed by atoms with Crippen molar-refractivity contribution >= 4 is 52.5 Å². The Balaban J connectivity index is 1.96. The number of aliphatic carboxylic acids is 1. The van der Waals surface area contributed by atoms with Crippen LogP contribution < -0.4 is 16.4 Å². The quantitative estimate of drug-likeness (QED) is 0.334. The first kappa shape index (κ1) is 23.7. The van der Waals surface area contributed by atoms with Crippen LogP contribution in [0.3, 0.4) is 0 Å². The number of benzene rings is 1. The molecule has 1 aromatic rings. The van der Waals surface area contributed by atoms with Gasteiger partial charge in [0, 0.05) is 18.2 Å². The fourth-order valence-electron chi connectivity index (χ4n) is 3.56. The van der Waals surface area contributed by atoms with E-state index in [2.05, 4.69) is 10.6 Å². The topological polar surface area (TPSA) is 159 Å². The van der Waals surface area contributed by atoms with Crippen molar-refractivity contribution in [2.45, 2.75) is 30.6 Å². The van der Waals surface area contributed by atoms with E-state index in [1.54, 1.807) is 37.3 Å². The second-order valence-electron chi connectivity index (χ2n) is 7.23. The number of fused-ring (bicyclic) bond motifs is 1. The van der Waals surface area contributed by atoms with E-state index in [1.807, 2.05) is 0 Å². The Hall–Kier alpha value is -2.99. The summed E-state index contributed by atoms with van der Waals surface area (Å²) < 4.78 is 0. The summed E-state index contributed by atoms with van der Waals surface area (Å²) in [5, 5.41) is 13.1. The van der Waals surface area contributed by atoms with Crippen LogP contribution >= 0.6 is 23.5 Å². The first-order chi connectivity index (χ1) is 15.1. The molecule has 0 saturated carbocycles. The van der Waals surface area contributed by atoms with E-state index < -0.39 is 29.3 Å². The Labute approximate surface area is 192 Å². The monoisotopic (exact) mass is 478 g/mol. The Kier molecular flexibility index (Phi) is 7.14. The van der Waals surface area contributed by atoms with Crippen LogP contribution in [-0.4, -0.2) is 55.4 Å². The molecule has 12 heteroatoms. The standard InChI is InChI=1S/C20H22N4O6S2/c1-9-17(27)24-14(19(28)29)12(8-31-18(9)24)16(32-10(2)25)23-15(26)13(22-20(21)30)11-6-4-3-5-7-11/h3-7,9,13,16,18H,8H2,1-2H3,(H,23,26)(H,28,29)(H3,21,22,30)/t9-,13?,16?,18+/m0/s1. The van der Waals surface area contributed by atoms with Gasteiger partial charge in [-0.15, -0.1) is 11.8 Å². The second kappa shape index (κ2) is 9.65. The number of primary amides is 1.